The van der Waals surface area contributed by atoms with E-state index in [0.717, 1.165) is 42.3 Å². The standard InChI is InChI=1S/C32H40ClN3O2/c1-32(2,3)26-13-9-23(10-14-26)17-18-34-31(37)30-19-27(35-20-24-11-15-28(38-4)16-12-24)22-36(30)21-25-7-5-6-8-29(25)33/h5-16,27,30,35H,17-22H2,1-4H3,(H,34,37). The molecule has 0 aliphatic carbocycles. The lowest BCUT2D eigenvalue weighted by atomic mass is 9.86. The topological polar surface area (TPSA) is 53.6 Å². The van der Waals surface area contributed by atoms with Crippen LogP contribution in [0.3, 0.4) is 0 Å². The van der Waals surface area contributed by atoms with E-state index in [9.17, 15) is 4.79 Å². The van der Waals surface area contributed by atoms with Crippen LogP contribution in [-0.4, -0.2) is 43.1 Å². The first kappa shape index (κ1) is 28.2. The van der Waals surface area contributed by atoms with Gasteiger partial charge in [-0.15, -0.1) is 0 Å². The summed E-state index contributed by atoms with van der Waals surface area (Å²) in [5, 5.41) is 7.59. The number of carbonyl (C=O) groups is 1. The number of amides is 1. The van der Waals surface area contributed by atoms with Gasteiger partial charge in [0.25, 0.3) is 0 Å². The fourth-order valence-electron chi connectivity index (χ4n) is 4.97. The molecule has 6 heteroatoms. The number of carbonyl (C=O) groups excluding carboxylic acids is 1. The summed E-state index contributed by atoms with van der Waals surface area (Å²) in [7, 11) is 1.67. The van der Waals surface area contributed by atoms with Crippen molar-refractivity contribution in [2.45, 2.75) is 64.2 Å². The summed E-state index contributed by atoms with van der Waals surface area (Å²) >= 11 is 6.47. The lowest BCUT2D eigenvalue weighted by Gasteiger charge is -2.24. The summed E-state index contributed by atoms with van der Waals surface area (Å²) in [4.78, 5) is 15.6. The van der Waals surface area contributed by atoms with Crippen molar-refractivity contribution in [1.82, 2.24) is 15.5 Å². The summed E-state index contributed by atoms with van der Waals surface area (Å²) in [6, 6.07) is 24.7. The van der Waals surface area contributed by atoms with Crippen molar-refractivity contribution in [2.75, 3.05) is 20.2 Å². The van der Waals surface area contributed by atoms with E-state index in [0.29, 0.717) is 13.1 Å². The van der Waals surface area contributed by atoms with E-state index < -0.39 is 0 Å². The second-order valence-corrected chi connectivity index (χ2v) is 11.6. The molecule has 1 saturated heterocycles. The molecular formula is C32H40ClN3O2. The number of hydrogen-bond acceptors (Lipinski definition) is 4. The van der Waals surface area contributed by atoms with E-state index in [1.165, 1.54) is 16.7 Å². The fraction of sp³-hybridized carbons (Fsp3) is 0.406. The SMILES string of the molecule is COc1ccc(CNC2CC(C(=O)NCCc3ccc(C(C)(C)C)cc3)N(Cc3ccccc3Cl)C2)cc1. The number of methoxy groups -OCH3 is 1. The van der Waals surface area contributed by atoms with Crippen LogP contribution < -0.4 is 15.4 Å². The molecule has 0 aromatic heterocycles. The highest BCUT2D eigenvalue weighted by molar-refractivity contribution is 6.31. The summed E-state index contributed by atoms with van der Waals surface area (Å²) in [6.45, 7) is 9.45. The van der Waals surface area contributed by atoms with Crippen molar-refractivity contribution >= 4 is 17.5 Å². The maximum atomic E-state index is 13.4. The van der Waals surface area contributed by atoms with Crippen LogP contribution in [0.2, 0.25) is 5.02 Å². The van der Waals surface area contributed by atoms with Gasteiger partial charge < -0.3 is 15.4 Å². The second kappa shape index (κ2) is 12.8. The monoisotopic (exact) mass is 533 g/mol. The van der Waals surface area contributed by atoms with Gasteiger partial charge in [0.15, 0.2) is 0 Å². The molecular weight excluding hydrogens is 494 g/mol. The Morgan fingerprint density at radius 1 is 1.00 bits per heavy atom. The van der Waals surface area contributed by atoms with Crippen molar-refractivity contribution < 1.29 is 9.53 Å². The normalized spacial score (nSPS) is 17.9. The first-order valence-electron chi connectivity index (χ1n) is 13.4. The van der Waals surface area contributed by atoms with Crippen LogP contribution in [0.4, 0.5) is 0 Å². The summed E-state index contributed by atoms with van der Waals surface area (Å²) < 4.78 is 5.26. The molecule has 1 amide bonds. The molecule has 3 aromatic carbocycles. The van der Waals surface area contributed by atoms with E-state index in [1.54, 1.807) is 7.11 Å². The lowest BCUT2D eigenvalue weighted by Crippen LogP contribution is -2.43. The Bertz CT molecular complexity index is 1190. The summed E-state index contributed by atoms with van der Waals surface area (Å²) in [5.74, 6) is 0.930. The Morgan fingerprint density at radius 3 is 2.34 bits per heavy atom. The number of rotatable bonds is 10. The van der Waals surface area contributed by atoms with Gasteiger partial charge in [0, 0.05) is 37.2 Å². The number of ether oxygens (including phenoxy) is 1. The summed E-state index contributed by atoms with van der Waals surface area (Å²) in [6.07, 6.45) is 1.57. The minimum absolute atomic E-state index is 0.0807. The maximum absolute atomic E-state index is 13.4. The maximum Gasteiger partial charge on any atom is 0.237 e. The number of benzene rings is 3. The Morgan fingerprint density at radius 2 is 1.68 bits per heavy atom. The van der Waals surface area contributed by atoms with Gasteiger partial charge >= 0.3 is 0 Å². The first-order valence-corrected chi connectivity index (χ1v) is 13.8. The predicted molar refractivity (Wildman–Crippen MR) is 156 cm³/mol. The minimum atomic E-state index is -0.206. The highest BCUT2D eigenvalue weighted by Crippen LogP contribution is 2.25. The van der Waals surface area contributed by atoms with Crippen LogP contribution in [0.5, 0.6) is 5.75 Å². The third-order valence-corrected chi connectivity index (χ3v) is 7.69. The van der Waals surface area contributed by atoms with Crippen molar-refractivity contribution in [3.63, 3.8) is 0 Å². The van der Waals surface area contributed by atoms with E-state index >= 15 is 0 Å². The molecule has 0 spiro atoms. The lowest BCUT2D eigenvalue weighted by molar-refractivity contribution is -0.125. The zero-order chi connectivity index (χ0) is 27.1. The van der Waals surface area contributed by atoms with Crippen molar-refractivity contribution in [1.29, 1.82) is 0 Å². The molecule has 1 fully saturated rings. The van der Waals surface area contributed by atoms with E-state index in [2.05, 4.69) is 72.7 Å². The van der Waals surface area contributed by atoms with Gasteiger partial charge in [-0.2, -0.15) is 0 Å². The average Bonchev–Trinajstić information content (AvgIpc) is 3.31. The van der Waals surface area contributed by atoms with Gasteiger partial charge in [0.2, 0.25) is 5.91 Å². The Balaban J connectivity index is 1.36. The second-order valence-electron chi connectivity index (χ2n) is 11.2. The molecule has 3 aromatic rings. The Kier molecular flexibility index (Phi) is 9.48. The zero-order valence-electron chi connectivity index (χ0n) is 23.0. The van der Waals surface area contributed by atoms with Gasteiger partial charge in [-0.1, -0.05) is 87.0 Å². The largest absolute Gasteiger partial charge is 0.497 e. The van der Waals surface area contributed by atoms with Crippen LogP contribution in [0.25, 0.3) is 0 Å². The molecule has 4 rings (SSSR count). The highest BCUT2D eigenvalue weighted by atomic mass is 35.5. The number of likely N-dealkylation sites (tertiary alicyclic amines) is 1. The van der Waals surface area contributed by atoms with E-state index in [4.69, 9.17) is 16.3 Å². The molecule has 1 aliphatic rings. The molecule has 0 radical (unpaired) electrons. The zero-order valence-corrected chi connectivity index (χ0v) is 23.7. The average molecular weight is 534 g/mol. The quantitative estimate of drug-likeness (QED) is 0.349. The van der Waals surface area contributed by atoms with Gasteiger partial charge in [-0.25, -0.2) is 0 Å². The number of nitrogens with zero attached hydrogens (tertiary/aromatic N) is 1. The summed E-state index contributed by atoms with van der Waals surface area (Å²) in [5.41, 5.74) is 4.92. The molecule has 2 atom stereocenters. The van der Waals surface area contributed by atoms with Gasteiger partial charge in [0.05, 0.1) is 13.2 Å². The van der Waals surface area contributed by atoms with Crippen LogP contribution in [0.1, 0.15) is 49.4 Å². The highest BCUT2D eigenvalue weighted by Gasteiger charge is 2.36. The fourth-order valence-corrected chi connectivity index (χ4v) is 5.16. The van der Waals surface area contributed by atoms with Crippen LogP contribution in [0, 0.1) is 0 Å². The van der Waals surface area contributed by atoms with Crippen molar-refractivity contribution in [3.8, 4) is 5.75 Å². The Labute approximate surface area is 232 Å². The van der Waals surface area contributed by atoms with E-state index in [1.807, 2.05) is 36.4 Å². The smallest absolute Gasteiger partial charge is 0.237 e. The number of nitrogens with one attached hydrogen (secondary N) is 2. The number of hydrogen-bond donors (Lipinski definition) is 2. The molecule has 0 saturated carbocycles. The first-order chi connectivity index (χ1) is 18.2. The van der Waals surface area contributed by atoms with Crippen LogP contribution >= 0.6 is 11.6 Å². The van der Waals surface area contributed by atoms with Gasteiger partial charge in [0.1, 0.15) is 5.75 Å². The van der Waals surface area contributed by atoms with Gasteiger partial charge in [-0.3, -0.25) is 9.69 Å². The molecule has 2 N–H and O–H groups in total. The molecule has 5 nitrogen and oxygen atoms in total. The molecule has 2 unspecified atom stereocenters. The molecule has 1 aliphatic heterocycles. The molecule has 38 heavy (non-hydrogen) atoms. The van der Waals surface area contributed by atoms with Crippen molar-refractivity contribution in [2.24, 2.45) is 0 Å². The van der Waals surface area contributed by atoms with Crippen LogP contribution in [0.15, 0.2) is 72.8 Å². The third kappa shape index (κ3) is 7.59. The van der Waals surface area contributed by atoms with E-state index in [-0.39, 0.29) is 23.4 Å². The van der Waals surface area contributed by atoms with Gasteiger partial charge in [-0.05, 0) is 58.7 Å². The minimum Gasteiger partial charge on any atom is -0.497 e. The molecule has 0 bridgehead atoms. The molecule has 202 valence electrons. The van der Waals surface area contributed by atoms with Crippen LogP contribution in [-0.2, 0) is 29.7 Å². The van der Waals surface area contributed by atoms with Crippen molar-refractivity contribution in [3.05, 3.63) is 100 Å². The number of halogens is 1. The third-order valence-electron chi connectivity index (χ3n) is 7.32. The Hall–Kier alpha value is -2.86. The predicted octanol–water partition coefficient (Wildman–Crippen LogP) is 5.74. The molecule has 1 heterocycles.